The molecule has 1 heterocycles. The number of benzene rings is 2. The molecule has 1 fully saturated rings. The molecule has 140 valence electrons. The van der Waals surface area contributed by atoms with Crippen molar-refractivity contribution in [3.8, 4) is 0 Å². The van der Waals surface area contributed by atoms with Gasteiger partial charge in [-0.3, -0.25) is 0 Å². The summed E-state index contributed by atoms with van der Waals surface area (Å²) in [6, 6.07) is 21.2. The molecule has 0 saturated carbocycles. The summed E-state index contributed by atoms with van der Waals surface area (Å²) < 4.78 is 11.1. The molecule has 4 heteroatoms. The summed E-state index contributed by atoms with van der Waals surface area (Å²) in [7, 11) is -2.02. The van der Waals surface area contributed by atoms with E-state index in [0.717, 1.165) is 25.6 Å². The molecule has 2 unspecified atom stereocenters. The Labute approximate surface area is 157 Å². The van der Waals surface area contributed by atoms with Gasteiger partial charge in [0.25, 0.3) is 0 Å². The summed E-state index contributed by atoms with van der Waals surface area (Å²) in [4.78, 5) is 12.6. The van der Waals surface area contributed by atoms with E-state index >= 15 is 0 Å². The molecule has 0 amide bonds. The second-order valence-electron chi connectivity index (χ2n) is 7.43. The Morgan fingerprint density at radius 3 is 2.19 bits per heavy atom. The number of rotatable bonds is 7. The Morgan fingerprint density at radius 1 is 1.12 bits per heavy atom. The van der Waals surface area contributed by atoms with Crippen LogP contribution in [0.2, 0.25) is 0 Å². The predicted molar refractivity (Wildman–Crippen MR) is 110 cm³/mol. The maximum atomic E-state index is 12.6. The van der Waals surface area contributed by atoms with Gasteiger partial charge in [0, 0.05) is 0 Å². The van der Waals surface area contributed by atoms with Crippen molar-refractivity contribution >= 4 is 23.8 Å². The van der Waals surface area contributed by atoms with E-state index in [2.05, 4.69) is 55.2 Å². The van der Waals surface area contributed by atoms with Gasteiger partial charge in [0.1, 0.15) is 0 Å². The summed E-state index contributed by atoms with van der Waals surface area (Å²) in [5.41, 5.74) is 0. The summed E-state index contributed by atoms with van der Waals surface area (Å²) in [6.45, 7) is 5.51. The monoisotopic (exact) mass is 372 g/mol. The van der Waals surface area contributed by atoms with Crippen molar-refractivity contribution in [2.45, 2.75) is 25.9 Å². The molecule has 1 aliphatic heterocycles. The molecule has 3 nitrogen and oxygen atoms in total. The fourth-order valence-corrected chi connectivity index (χ4v) is 7.86. The normalized spacial score (nSPS) is 19.1. The van der Waals surface area contributed by atoms with Crippen LogP contribution in [0.25, 0.3) is 0 Å². The molecule has 2 atom stereocenters. The van der Waals surface area contributed by atoms with Gasteiger partial charge in [0.15, 0.2) is 0 Å². The third-order valence-electron chi connectivity index (χ3n) is 5.37. The van der Waals surface area contributed by atoms with E-state index < -0.39 is 7.26 Å². The van der Waals surface area contributed by atoms with Crippen molar-refractivity contribution in [2.24, 2.45) is 5.92 Å². The second-order valence-corrected chi connectivity index (χ2v) is 11.7. The van der Waals surface area contributed by atoms with E-state index in [1.165, 1.54) is 10.6 Å². The zero-order valence-electron chi connectivity index (χ0n) is 15.7. The number of carbonyl (C=O) groups is 1. The van der Waals surface area contributed by atoms with Crippen molar-refractivity contribution in [3.05, 3.63) is 60.7 Å². The van der Waals surface area contributed by atoms with E-state index in [4.69, 9.17) is 9.47 Å². The van der Waals surface area contributed by atoms with Crippen molar-refractivity contribution in [2.75, 3.05) is 26.0 Å². The topological polar surface area (TPSA) is 35.5 Å². The van der Waals surface area contributed by atoms with Crippen LogP contribution < -0.4 is 10.6 Å². The summed E-state index contributed by atoms with van der Waals surface area (Å²) in [5.74, 6) is -0.237. The van der Waals surface area contributed by atoms with E-state index in [9.17, 15) is 4.79 Å². The number of hydrogen-bond acceptors (Lipinski definition) is 3. The van der Waals surface area contributed by atoms with Crippen molar-refractivity contribution in [1.82, 2.24) is 0 Å². The first kappa shape index (κ1) is 19.1. The third kappa shape index (κ3) is 4.52. The first-order chi connectivity index (χ1) is 12.6. The number of carbonyl (C=O) groups excluding carboxylic acids is 1. The Balaban J connectivity index is 1.74. The molecule has 1 saturated heterocycles. The molecule has 0 aliphatic carbocycles. The fourth-order valence-electron chi connectivity index (χ4n) is 3.80. The fraction of sp³-hybridized carbons (Fsp3) is 0.409. The van der Waals surface area contributed by atoms with Crippen LogP contribution in [-0.4, -0.2) is 38.1 Å². The number of ether oxygens (including phenoxy) is 2. The zero-order valence-corrected chi connectivity index (χ0v) is 16.7. The molecule has 3 rings (SSSR count). The van der Waals surface area contributed by atoms with Gasteiger partial charge in [0.05, 0.1) is 0 Å². The molecule has 2 aromatic rings. The number of esters is 1. The van der Waals surface area contributed by atoms with Gasteiger partial charge in [-0.2, -0.15) is 0 Å². The van der Waals surface area contributed by atoms with Crippen LogP contribution in [0.5, 0.6) is 0 Å². The molecule has 0 aromatic heterocycles. The van der Waals surface area contributed by atoms with Crippen molar-refractivity contribution < 1.29 is 14.3 Å². The van der Waals surface area contributed by atoms with Crippen molar-refractivity contribution in [3.63, 3.8) is 0 Å². The average molecular weight is 372 g/mol. The summed E-state index contributed by atoms with van der Waals surface area (Å²) >= 11 is 0. The quantitative estimate of drug-likeness (QED) is 0.552. The Morgan fingerprint density at radius 2 is 1.69 bits per heavy atom. The maximum absolute atomic E-state index is 12.6. The average Bonchev–Trinajstić information content (AvgIpc) is 3.21. The molecule has 0 N–H and O–H groups in total. The summed E-state index contributed by atoms with van der Waals surface area (Å²) in [6.07, 6.45) is 2.97. The molecule has 26 heavy (non-hydrogen) atoms. The minimum atomic E-state index is -2.02. The second kappa shape index (κ2) is 8.79. The Kier molecular flexibility index (Phi) is 6.45. The van der Waals surface area contributed by atoms with E-state index in [-0.39, 0.29) is 18.0 Å². The Bertz CT molecular complexity index is 656. The van der Waals surface area contributed by atoms with Gasteiger partial charge >= 0.3 is 157 Å². The summed E-state index contributed by atoms with van der Waals surface area (Å²) in [5, 5.41) is 2.70. The van der Waals surface area contributed by atoms with Gasteiger partial charge < -0.3 is 0 Å². The first-order valence-corrected chi connectivity index (χ1v) is 12.2. The van der Waals surface area contributed by atoms with Gasteiger partial charge in [-0.15, -0.1) is 0 Å². The standard InChI is InChI=1S/C22H29O3P/c1-18(22(23)25-16-19-10-9-15-24-19)17-26(2,20-11-5-3-6-12-20)21-13-7-4-8-14-21/h3-8,11-14,18-19,26H,9-10,15-17H2,1-2H3. The van der Waals surface area contributed by atoms with Gasteiger partial charge in [-0.05, 0) is 0 Å². The van der Waals surface area contributed by atoms with E-state index in [0.29, 0.717) is 6.61 Å². The first-order valence-electron chi connectivity index (χ1n) is 9.49. The van der Waals surface area contributed by atoms with Crippen molar-refractivity contribution in [1.29, 1.82) is 0 Å². The molecule has 0 spiro atoms. The van der Waals surface area contributed by atoms with Gasteiger partial charge in [0.2, 0.25) is 0 Å². The Hall–Kier alpha value is -1.70. The predicted octanol–water partition coefficient (Wildman–Crippen LogP) is 3.38. The molecular formula is C22H29O3P. The van der Waals surface area contributed by atoms with Crippen LogP contribution in [0.1, 0.15) is 19.8 Å². The minimum absolute atomic E-state index is 0.0815. The SMILES string of the molecule is CC(C[PH](C)(c1ccccc1)c1ccccc1)C(=O)OCC1CCCO1. The molecule has 1 aliphatic rings. The van der Waals surface area contributed by atoms with Crippen LogP contribution in [0.4, 0.5) is 0 Å². The molecule has 0 radical (unpaired) electrons. The van der Waals surface area contributed by atoms with Crippen LogP contribution in [-0.2, 0) is 14.3 Å². The van der Waals surface area contributed by atoms with E-state index in [1.807, 2.05) is 19.1 Å². The number of hydrogen-bond donors (Lipinski definition) is 0. The molecule has 0 bridgehead atoms. The van der Waals surface area contributed by atoms with E-state index in [1.54, 1.807) is 0 Å². The van der Waals surface area contributed by atoms with Gasteiger partial charge in [-0.1, -0.05) is 0 Å². The zero-order chi connectivity index (χ0) is 18.4. The van der Waals surface area contributed by atoms with Crippen LogP contribution in [0, 0.1) is 5.92 Å². The third-order valence-corrected chi connectivity index (χ3v) is 10.0. The van der Waals surface area contributed by atoms with Gasteiger partial charge in [-0.25, -0.2) is 0 Å². The molecule has 2 aromatic carbocycles. The van der Waals surface area contributed by atoms with Crippen LogP contribution in [0.3, 0.4) is 0 Å². The van der Waals surface area contributed by atoms with Crippen LogP contribution in [0.15, 0.2) is 60.7 Å². The molecular weight excluding hydrogens is 343 g/mol. The van der Waals surface area contributed by atoms with Crippen LogP contribution >= 0.6 is 7.26 Å².